The second-order valence-corrected chi connectivity index (χ2v) is 6.11. The van der Waals surface area contributed by atoms with Gasteiger partial charge in [0.15, 0.2) is 0 Å². The van der Waals surface area contributed by atoms with Gasteiger partial charge in [-0.1, -0.05) is 0 Å². The van der Waals surface area contributed by atoms with Crippen LogP contribution in [0.3, 0.4) is 0 Å². The van der Waals surface area contributed by atoms with E-state index in [0.29, 0.717) is 0 Å². The number of hydrogen-bond acceptors (Lipinski definition) is 2. The van der Waals surface area contributed by atoms with E-state index in [1.165, 1.54) is 39.3 Å². The van der Waals surface area contributed by atoms with Crippen LogP contribution in [0.2, 0.25) is 0 Å². The molecule has 1 aromatic heterocycles. The van der Waals surface area contributed by atoms with Crippen LogP contribution in [0.15, 0.2) is 12.1 Å². The van der Waals surface area contributed by atoms with Crippen LogP contribution in [0.5, 0.6) is 0 Å². The van der Waals surface area contributed by atoms with Gasteiger partial charge in [-0.05, 0) is 63.6 Å². The summed E-state index contributed by atoms with van der Waals surface area (Å²) in [6, 6.07) is 4.50. The molecule has 20 heavy (non-hydrogen) atoms. The van der Waals surface area contributed by atoms with Gasteiger partial charge in [0.1, 0.15) is 0 Å². The molecular weight excluding hydrogens is 246 g/mol. The van der Waals surface area contributed by atoms with Crippen molar-refractivity contribution in [3.05, 3.63) is 45.8 Å². The highest BCUT2D eigenvalue weighted by molar-refractivity contribution is 5.46. The number of hydrogen-bond donors (Lipinski definition) is 0. The number of fused-ring (bicyclic) bond motifs is 1. The number of likely N-dealkylation sites (N-methyl/N-ethyl adjacent to an activating group) is 1. The van der Waals surface area contributed by atoms with E-state index in [1.54, 1.807) is 0 Å². The summed E-state index contributed by atoms with van der Waals surface area (Å²) in [7, 11) is 2.18. The summed E-state index contributed by atoms with van der Waals surface area (Å²) >= 11 is 0. The maximum atomic E-state index is 4.86. The normalized spacial score (nSPS) is 15.4. The third-order valence-electron chi connectivity index (χ3n) is 4.64. The average Bonchev–Trinajstić information content (AvgIpc) is 2.73. The molecule has 1 aliphatic rings. The highest BCUT2D eigenvalue weighted by Crippen LogP contribution is 2.25. The monoisotopic (exact) mass is 269 g/mol. The third kappa shape index (κ3) is 2.06. The van der Waals surface area contributed by atoms with E-state index >= 15 is 0 Å². The Kier molecular flexibility index (Phi) is 3.17. The van der Waals surface area contributed by atoms with Crippen LogP contribution in [0.25, 0.3) is 5.69 Å². The first-order valence-electron chi connectivity index (χ1n) is 7.31. The Hall–Kier alpha value is -1.61. The molecule has 0 aliphatic carbocycles. The van der Waals surface area contributed by atoms with Crippen LogP contribution >= 0.6 is 0 Å². The van der Waals surface area contributed by atoms with Crippen molar-refractivity contribution in [1.29, 1.82) is 0 Å². The maximum Gasteiger partial charge on any atom is 0.0689 e. The molecule has 1 aromatic carbocycles. The lowest BCUT2D eigenvalue weighted by Gasteiger charge is -2.21. The molecule has 0 atom stereocenters. The molecule has 0 N–H and O–H groups in total. The van der Waals surface area contributed by atoms with Crippen molar-refractivity contribution in [2.45, 2.75) is 40.7 Å². The van der Waals surface area contributed by atoms with Crippen LogP contribution in [0, 0.1) is 27.7 Å². The molecule has 2 heterocycles. The van der Waals surface area contributed by atoms with Crippen molar-refractivity contribution in [2.75, 3.05) is 13.6 Å². The zero-order valence-electron chi connectivity index (χ0n) is 13.1. The van der Waals surface area contributed by atoms with Gasteiger partial charge in [-0.25, -0.2) is 4.68 Å². The first-order chi connectivity index (χ1) is 9.47. The van der Waals surface area contributed by atoms with Crippen molar-refractivity contribution >= 4 is 0 Å². The minimum atomic E-state index is 1.02. The van der Waals surface area contributed by atoms with E-state index < -0.39 is 0 Å². The van der Waals surface area contributed by atoms with Crippen molar-refractivity contribution in [1.82, 2.24) is 14.7 Å². The number of nitrogens with zero attached hydrogens (tertiary/aromatic N) is 3. The van der Waals surface area contributed by atoms with Gasteiger partial charge >= 0.3 is 0 Å². The zero-order valence-corrected chi connectivity index (χ0v) is 13.1. The van der Waals surface area contributed by atoms with Crippen molar-refractivity contribution in [3.63, 3.8) is 0 Å². The zero-order chi connectivity index (χ0) is 14.4. The van der Waals surface area contributed by atoms with Crippen LogP contribution < -0.4 is 0 Å². The van der Waals surface area contributed by atoms with Gasteiger partial charge in [0, 0.05) is 30.8 Å². The standard InChI is InChI=1S/C17H23N3/c1-11-8-15(9-12(2)13(11)3)20-14(4)16-10-19(5)7-6-17(16)18-20/h8-9H,6-7,10H2,1-5H3. The fourth-order valence-corrected chi connectivity index (χ4v) is 3.03. The Labute approximate surface area is 121 Å². The van der Waals surface area contributed by atoms with Gasteiger partial charge in [0.05, 0.1) is 11.4 Å². The van der Waals surface area contributed by atoms with Crippen LogP contribution in [0.4, 0.5) is 0 Å². The largest absolute Gasteiger partial charge is 0.302 e. The summed E-state index contributed by atoms with van der Waals surface area (Å²) in [4.78, 5) is 2.37. The molecule has 3 heteroatoms. The smallest absolute Gasteiger partial charge is 0.0689 e. The van der Waals surface area contributed by atoms with E-state index in [9.17, 15) is 0 Å². The molecule has 0 spiro atoms. The van der Waals surface area contributed by atoms with Crippen molar-refractivity contribution < 1.29 is 0 Å². The summed E-state index contributed by atoms with van der Waals surface area (Å²) < 4.78 is 2.13. The quantitative estimate of drug-likeness (QED) is 0.793. The fraction of sp³-hybridized carbons (Fsp3) is 0.471. The van der Waals surface area contributed by atoms with Crippen molar-refractivity contribution in [2.24, 2.45) is 0 Å². The predicted molar refractivity (Wildman–Crippen MR) is 82.6 cm³/mol. The highest BCUT2D eigenvalue weighted by Gasteiger charge is 2.21. The molecule has 0 saturated carbocycles. The summed E-state index contributed by atoms with van der Waals surface area (Å²) in [5, 5.41) is 4.86. The molecule has 0 bridgehead atoms. The molecule has 1 aliphatic heterocycles. The predicted octanol–water partition coefficient (Wildman–Crippen LogP) is 3.09. The molecule has 0 radical (unpaired) electrons. The maximum absolute atomic E-state index is 4.86. The summed E-state index contributed by atoms with van der Waals surface area (Å²) in [6.45, 7) is 10.9. The van der Waals surface area contributed by atoms with Gasteiger partial charge in [-0.15, -0.1) is 0 Å². The number of benzene rings is 1. The molecule has 0 fully saturated rings. The molecule has 0 amide bonds. The second-order valence-electron chi connectivity index (χ2n) is 6.11. The van der Waals surface area contributed by atoms with Crippen LogP contribution in [-0.4, -0.2) is 28.3 Å². The number of aryl methyl sites for hydroxylation is 2. The third-order valence-corrected chi connectivity index (χ3v) is 4.64. The highest BCUT2D eigenvalue weighted by atomic mass is 15.3. The molecule has 106 valence electrons. The molecule has 0 saturated heterocycles. The van der Waals surface area contributed by atoms with Crippen LogP contribution in [0.1, 0.15) is 33.6 Å². The van der Waals surface area contributed by atoms with E-state index in [1.807, 2.05) is 0 Å². The minimum absolute atomic E-state index is 1.02. The molecule has 3 nitrogen and oxygen atoms in total. The van der Waals surface area contributed by atoms with E-state index in [0.717, 1.165) is 19.5 Å². The van der Waals surface area contributed by atoms with Crippen molar-refractivity contribution in [3.8, 4) is 5.69 Å². The van der Waals surface area contributed by atoms with Gasteiger partial charge < -0.3 is 4.90 Å². The lowest BCUT2D eigenvalue weighted by atomic mass is 10.0. The van der Waals surface area contributed by atoms with E-state index in [2.05, 4.69) is 56.5 Å². The Morgan fingerprint density at radius 1 is 1.05 bits per heavy atom. The van der Waals surface area contributed by atoms with Crippen LogP contribution in [-0.2, 0) is 13.0 Å². The minimum Gasteiger partial charge on any atom is -0.302 e. The van der Waals surface area contributed by atoms with Gasteiger partial charge in [-0.3, -0.25) is 0 Å². The van der Waals surface area contributed by atoms with Gasteiger partial charge in [-0.2, -0.15) is 5.10 Å². The summed E-state index contributed by atoms with van der Waals surface area (Å²) in [6.07, 6.45) is 1.06. The second kappa shape index (κ2) is 4.74. The number of rotatable bonds is 1. The lowest BCUT2D eigenvalue weighted by molar-refractivity contribution is 0.311. The topological polar surface area (TPSA) is 21.1 Å². The molecule has 0 unspecified atom stereocenters. The fourth-order valence-electron chi connectivity index (χ4n) is 3.03. The van der Waals surface area contributed by atoms with Gasteiger partial charge in [0.2, 0.25) is 0 Å². The Morgan fingerprint density at radius 2 is 1.70 bits per heavy atom. The number of aromatic nitrogens is 2. The SMILES string of the molecule is Cc1cc(-n2nc3c(c2C)CN(C)CC3)cc(C)c1C. The Morgan fingerprint density at radius 3 is 2.35 bits per heavy atom. The summed E-state index contributed by atoms with van der Waals surface area (Å²) in [5.74, 6) is 0. The molecule has 3 rings (SSSR count). The first kappa shape index (κ1) is 13.4. The molecule has 2 aromatic rings. The Balaban J connectivity index is 2.12. The summed E-state index contributed by atoms with van der Waals surface area (Å²) in [5.41, 5.74) is 9.22. The lowest BCUT2D eigenvalue weighted by Crippen LogP contribution is -2.26. The first-order valence-corrected chi connectivity index (χ1v) is 7.31. The van der Waals surface area contributed by atoms with E-state index in [4.69, 9.17) is 5.10 Å². The average molecular weight is 269 g/mol. The van der Waals surface area contributed by atoms with E-state index in [-0.39, 0.29) is 0 Å². The van der Waals surface area contributed by atoms with Gasteiger partial charge in [0.25, 0.3) is 0 Å². The molecular formula is C17H23N3. The Bertz CT molecular complexity index is 644.